The van der Waals surface area contributed by atoms with Gasteiger partial charge in [0.2, 0.25) is 0 Å². The zero-order valence-electron chi connectivity index (χ0n) is 27.1. The van der Waals surface area contributed by atoms with E-state index in [0.29, 0.717) is 70.7 Å². The first-order valence-corrected chi connectivity index (χ1v) is 18.8. The number of carboxylic acid groups (broad SMARTS) is 3. The van der Waals surface area contributed by atoms with Crippen LogP contribution in [-0.2, 0) is 14.4 Å². The summed E-state index contributed by atoms with van der Waals surface area (Å²) in [6, 6.07) is 4.24. The van der Waals surface area contributed by atoms with Crippen molar-refractivity contribution in [2.75, 3.05) is 54.4 Å². The fourth-order valence-electron chi connectivity index (χ4n) is 6.35. The number of thiazole rings is 1. The number of carboxylic acids is 3. The molecular formula is C33H38Cl2N6O7S2. The maximum Gasteiger partial charge on any atom is 0.328 e. The number of nitrogens with zero attached hydrogens (tertiary/aromatic N) is 5. The standard InChI is InChI=1S/C29H34Cl2N6O3S2.C4H4O4/c30-20-15-23(41-17-20)24-27(37-12-10-35(11-13-37)21-4-2-1-3-5-21)42-29(33-24)34-26(38)19-14-22(31)25(32-16-19)36-8-6-18(7-9-36)28(39)40;5-3(6)1-2-4(7)8/h14-18,21H,1-13H2,(H,39,40)(H,33,34,38);1-2H,(H,5,6)(H,7,8)/b;2-1+. The van der Waals surface area contributed by atoms with Crippen LogP contribution in [0.5, 0.6) is 0 Å². The Kier molecular flexibility index (Phi) is 13.1. The first kappa shape index (κ1) is 37.5. The van der Waals surface area contributed by atoms with E-state index in [-0.39, 0.29) is 11.8 Å². The number of rotatable bonds is 9. The normalized spacial score (nSPS) is 17.7. The molecule has 3 aliphatic rings. The molecule has 268 valence electrons. The highest BCUT2D eigenvalue weighted by molar-refractivity contribution is 7.21. The second kappa shape index (κ2) is 17.4. The topological polar surface area (TPSA) is 176 Å². The van der Waals surface area contributed by atoms with E-state index in [9.17, 15) is 24.3 Å². The molecule has 0 radical (unpaired) electrons. The molecule has 3 aromatic heterocycles. The minimum Gasteiger partial charge on any atom is -0.481 e. The van der Waals surface area contributed by atoms with Crippen molar-refractivity contribution in [1.29, 1.82) is 0 Å². The second-order valence-corrected chi connectivity index (χ2v) is 14.9. The molecular weight excluding hydrogens is 727 g/mol. The molecule has 0 unspecified atom stereocenters. The largest absolute Gasteiger partial charge is 0.481 e. The first-order chi connectivity index (χ1) is 24.0. The predicted molar refractivity (Wildman–Crippen MR) is 195 cm³/mol. The van der Waals surface area contributed by atoms with Crippen LogP contribution < -0.4 is 15.1 Å². The van der Waals surface area contributed by atoms with E-state index in [0.717, 1.165) is 41.8 Å². The number of hydrogen-bond donors (Lipinski definition) is 4. The lowest BCUT2D eigenvalue weighted by Crippen LogP contribution is -2.50. The predicted octanol–water partition coefficient (Wildman–Crippen LogP) is 6.29. The van der Waals surface area contributed by atoms with E-state index in [1.165, 1.54) is 49.6 Å². The summed E-state index contributed by atoms with van der Waals surface area (Å²) in [6.07, 6.45) is 10.3. The van der Waals surface area contributed by atoms with Crippen molar-refractivity contribution in [3.63, 3.8) is 0 Å². The fraction of sp³-hybridized carbons (Fsp3) is 0.455. The van der Waals surface area contributed by atoms with Gasteiger partial charge in [0, 0.05) is 69.0 Å². The summed E-state index contributed by atoms with van der Waals surface area (Å²) < 4.78 is 0. The third kappa shape index (κ3) is 9.94. The SMILES string of the molecule is O=C(Nc1nc(-c2cc(Cl)cs2)c(N2CCN(C3CCCCC3)CC2)s1)c1cnc(N2CCC(C(=O)O)CC2)c(Cl)c1.O=C(O)/C=C/C(=O)O. The number of nitrogens with one attached hydrogen (secondary N) is 1. The molecule has 1 aliphatic carbocycles. The molecule has 0 atom stereocenters. The minimum atomic E-state index is -1.26. The van der Waals surface area contributed by atoms with Gasteiger partial charge in [-0.25, -0.2) is 19.6 Å². The van der Waals surface area contributed by atoms with Gasteiger partial charge in [-0.15, -0.1) is 11.3 Å². The van der Waals surface area contributed by atoms with Crippen molar-refractivity contribution in [1.82, 2.24) is 14.9 Å². The Bertz CT molecular complexity index is 1700. The Morgan fingerprint density at radius 3 is 2.08 bits per heavy atom. The molecule has 2 aliphatic heterocycles. The molecule has 50 heavy (non-hydrogen) atoms. The Morgan fingerprint density at radius 1 is 0.860 bits per heavy atom. The highest BCUT2D eigenvalue weighted by Gasteiger charge is 2.29. The number of carbonyl (C=O) groups excluding carboxylic acids is 1. The van der Waals surface area contributed by atoms with Crippen LogP contribution in [0, 0.1) is 5.92 Å². The second-order valence-electron chi connectivity index (χ2n) is 12.2. The van der Waals surface area contributed by atoms with Gasteiger partial charge in [-0.2, -0.15) is 0 Å². The maximum atomic E-state index is 13.3. The fourth-order valence-corrected chi connectivity index (χ4v) is 8.79. The molecule has 1 saturated carbocycles. The summed E-state index contributed by atoms with van der Waals surface area (Å²) >= 11 is 15.9. The van der Waals surface area contributed by atoms with E-state index in [1.807, 2.05) is 16.3 Å². The molecule has 6 rings (SSSR count). The number of carbonyl (C=O) groups is 4. The highest BCUT2D eigenvalue weighted by atomic mass is 35.5. The average Bonchev–Trinajstić information content (AvgIpc) is 3.74. The zero-order chi connectivity index (χ0) is 35.8. The molecule has 3 aromatic rings. The van der Waals surface area contributed by atoms with Gasteiger partial charge < -0.3 is 25.1 Å². The van der Waals surface area contributed by atoms with E-state index in [1.54, 1.807) is 17.4 Å². The van der Waals surface area contributed by atoms with Gasteiger partial charge in [-0.1, -0.05) is 53.8 Å². The third-order valence-electron chi connectivity index (χ3n) is 8.92. The third-order valence-corrected chi connectivity index (χ3v) is 11.5. The molecule has 0 aromatic carbocycles. The Balaban J connectivity index is 0.000000544. The summed E-state index contributed by atoms with van der Waals surface area (Å²) in [4.78, 5) is 61.0. The van der Waals surface area contributed by atoms with Crippen molar-refractivity contribution in [3.8, 4) is 10.6 Å². The smallest absolute Gasteiger partial charge is 0.328 e. The molecule has 3 fully saturated rings. The molecule has 13 nitrogen and oxygen atoms in total. The van der Waals surface area contributed by atoms with Gasteiger partial charge in [-0.3, -0.25) is 19.8 Å². The van der Waals surface area contributed by atoms with Crippen LogP contribution in [0.2, 0.25) is 10.0 Å². The van der Waals surface area contributed by atoms with Crippen molar-refractivity contribution >= 4 is 85.6 Å². The summed E-state index contributed by atoms with van der Waals surface area (Å²) in [5.41, 5.74) is 1.18. The van der Waals surface area contributed by atoms with Gasteiger partial charge >= 0.3 is 17.9 Å². The summed E-state index contributed by atoms with van der Waals surface area (Å²) in [7, 11) is 0. The van der Waals surface area contributed by atoms with Crippen molar-refractivity contribution in [3.05, 3.63) is 51.5 Å². The van der Waals surface area contributed by atoms with E-state index in [2.05, 4.69) is 20.1 Å². The van der Waals surface area contributed by atoms with Crippen molar-refractivity contribution in [2.45, 2.75) is 51.0 Å². The minimum absolute atomic E-state index is 0.335. The quantitative estimate of drug-likeness (QED) is 0.179. The Labute approximate surface area is 307 Å². The molecule has 5 heterocycles. The zero-order valence-corrected chi connectivity index (χ0v) is 30.2. The van der Waals surface area contributed by atoms with Crippen LogP contribution in [-0.4, -0.2) is 99.3 Å². The average molecular weight is 766 g/mol. The molecule has 1 amide bonds. The number of anilines is 3. The van der Waals surface area contributed by atoms with E-state index in [4.69, 9.17) is 38.4 Å². The van der Waals surface area contributed by atoms with Gasteiger partial charge in [-0.05, 0) is 37.8 Å². The monoisotopic (exact) mass is 764 g/mol. The van der Waals surface area contributed by atoms with Crippen LogP contribution in [0.4, 0.5) is 16.0 Å². The summed E-state index contributed by atoms with van der Waals surface area (Å²) in [6.45, 7) is 5.01. The number of amides is 1. The van der Waals surface area contributed by atoms with Crippen LogP contribution >= 0.6 is 45.9 Å². The van der Waals surface area contributed by atoms with E-state index < -0.39 is 17.9 Å². The summed E-state index contributed by atoms with van der Waals surface area (Å²) in [5.74, 6) is -3.39. The van der Waals surface area contributed by atoms with Gasteiger partial charge in [0.15, 0.2) is 5.13 Å². The highest BCUT2D eigenvalue weighted by Crippen LogP contribution is 2.42. The molecule has 0 spiro atoms. The van der Waals surface area contributed by atoms with Crippen molar-refractivity contribution < 1.29 is 34.5 Å². The van der Waals surface area contributed by atoms with Crippen LogP contribution in [0.1, 0.15) is 55.3 Å². The first-order valence-electron chi connectivity index (χ1n) is 16.3. The Morgan fingerprint density at radius 2 is 1.52 bits per heavy atom. The number of halogens is 2. The number of aromatic nitrogens is 2. The lowest BCUT2D eigenvalue weighted by atomic mass is 9.94. The Hall–Kier alpha value is -3.76. The number of thiophene rings is 1. The molecule has 0 bridgehead atoms. The van der Waals surface area contributed by atoms with Gasteiger partial charge in [0.1, 0.15) is 16.5 Å². The number of pyridine rings is 1. The lowest BCUT2D eigenvalue weighted by molar-refractivity contribution is -0.142. The number of aliphatic carboxylic acids is 3. The van der Waals surface area contributed by atoms with Crippen molar-refractivity contribution in [2.24, 2.45) is 5.92 Å². The van der Waals surface area contributed by atoms with Crippen LogP contribution in [0.25, 0.3) is 10.6 Å². The maximum absolute atomic E-state index is 13.3. The van der Waals surface area contributed by atoms with Crippen LogP contribution in [0.3, 0.4) is 0 Å². The number of piperazine rings is 1. The number of piperidine rings is 1. The van der Waals surface area contributed by atoms with Gasteiger partial charge in [0.05, 0.1) is 26.4 Å². The van der Waals surface area contributed by atoms with E-state index >= 15 is 0 Å². The molecule has 17 heteroatoms. The lowest BCUT2D eigenvalue weighted by Gasteiger charge is -2.41. The molecule has 2 saturated heterocycles. The number of hydrogen-bond acceptors (Lipinski definition) is 11. The molecule has 4 N–H and O–H groups in total. The van der Waals surface area contributed by atoms with Gasteiger partial charge in [0.25, 0.3) is 5.91 Å². The summed E-state index contributed by atoms with van der Waals surface area (Å²) in [5, 5.41) is 32.4. The van der Waals surface area contributed by atoms with Crippen LogP contribution in [0.15, 0.2) is 35.9 Å².